The Balaban J connectivity index is 1.72. The molecule has 2 heterocycles. The minimum atomic E-state index is -0.670. The zero-order chi connectivity index (χ0) is 20.8. The van der Waals surface area contributed by atoms with E-state index in [2.05, 4.69) is 5.32 Å². The number of aromatic nitrogens is 2. The van der Waals surface area contributed by atoms with Crippen molar-refractivity contribution in [3.05, 3.63) is 34.2 Å². The number of imidazole rings is 1. The normalized spacial score (nSPS) is 17.1. The lowest BCUT2D eigenvalue weighted by molar-refractivity contribution is -0.135. The molecule has 0 bridgehead atoms. The Morgan fingerprint density at radius 2 is 1.90 bits per heavy atom. The van der Waals surface area contributed by atoms with Gasteiger partial charge in [0.15, 0.2) is 0 Å². The molecule has 1 aromatic carbocycles. The lowest BCUT2D eigenvalue weighted by atomic mass is 10.0. The van der Waals surface area contributed by atoms with Crippen LogP contribution < -0.4 is 16.7 Å². The van der Waals surface area contributed by atoms with Crippen LogP contribution in [-0.2, 0) is 32.5 Å². The van der Waals surface area contributed by atoms with E-state index in [1.165, 1.54) is 4.57 Å². The number of carbonyl (C=O) groups excluding carboxylic acids is 2. The summed E-state index contributed by atoms with van der Waals surface area (Å²) in [6.07, 6.45) is 2.10. The quantitative estimate of drug-likeness (QED) is 0.433. The maximum absolute atomic E-state index is 12.9. The number of benzene rings is 1. The molecular weight excluding hydrogens is 376 g/mol. The van der Waals surface area contributed by atoms with Crippen molar-refractivity contribution in [1.82, 2.24) is 14.5 Å². The van der Waals surface area contributed by atoms with E-state index in [-0.39, 0.29) is 18.0 Å². The second kappa shape index (κ2) is 9.82. The van der Waals surface area contributed by atoms with Gasteiger partial charge in [0, 0.05) is 26.6 Å². The van der Waals surface area contributed by atoms with E-state index in [0.29, 0.717) is 44.9 Å². The molecule has 0 aliphatic carbocycles. The number of nitrogens with two attached hydrogens (primary N) is 1. The summed E-state index contributed by atoms with van der Waals surface area (Å²) in [6.45, 7) is 2.67. The van der Waals surface area contributed by atoms with Crippen LogP contribution in [0.1, 0.15) is 30.9 Å². The van der Waals surface area contributed by atoms with E-state index in [1.807, 2.05) is 18.2 Å². The van der Waals surface area contributed by atoms with Gasteiger partial charge in [-0.2, -0.15) is 0 Å². The van der Waals surface area contributed by atoms with Crippen LogP contribution in [0, 0.1) is 0 Å². The molecule has 9 heteroatoms. The van der Waals surface area contributed by atoms with Gasteiger partial charge in [-0.25, -0.2) is 4.79 Å². The molecule has 2 aromatic rings. The summed E-state index contributed by atoms with van der Waals surface area (Å²) >= 11 is 0. The highest BCUT2D eigenvalue weighted by Crippen LogP contribution is 2.25. The van der Waals surface area contributed by atoms with Gasteiger partial charge in [-0.05, 0) is 30.9 Å². The number of hydrogen-bond acceptors (Lipinski definition) is 6. The fourth-order valence-electron chi connectivity index (χ4n) is 3.72. The smallest absolute Gasteiger partial charge is 0.329 e. The molecule has 1 atom stereocenters. The highest BCUT2D eigenvalue weighted by Gasteiger charge is 2.31. The van der Waals surface area contributed by atoms with Crippen LogP contribution >= 0.6 is 0 Å². The molecule has 29 heavy (non-hydrogen) atoms. The van der Waals surface area contributed by atoms with Gasteiger partial charge in [0.2, 0.25) is 11.8 Å². The van der Waals surface area contributed by atoms with Crippen molar-refractivity contribution in [2.75, 3.05) is 33.0 Å². The van der Waals surface area contributed by atoms with Crippen LogP contribution in [0.25, 0.3) is 11.0 Å². The Kier molecular flexibility index (Phi) is 7.18. The Bertz CT molecular complexity index is 933. The minimum absolute atomic E-state index is 0.227. The molecule has 1 unspecified atom stereocenters. The van der Waals surface area contributed by atoms with Crippen molar-refractivity contribution >= 4 is 22.8 Å². The molecule has 1 fully saturated rings. The second-order valence-corrected chi connectivity index (χ2v) is 7.08. The van der Waals surface area contributed by atoms with Gasteiger partial charge in [-0.3, -0.25) is 24.0 Å². The summed E-state index contributed by atoms with van der Waals surface area (Å²) in [4.78, 5) is 36.6. The SMILES string of the molecule is Cn1c(=O)n(C2CCC(=O)NC2=O)c2cccc(CCCOCCOCCN)c21. The van der Waals surface area contributed by atoms with E-state index >= 15 is 0 Å². The van der Waals surface area contributed by atoms with Crippen molar-refractivity contribution in [2.24, 2.45) is 12.8 Å². The van der Waals surface area contributed by atoms with E-state index < -0.39 is 11.9 Å². The predicted octanol–water partition coefficient (Wildman–Crippen LogP) is 0.242. The number of ether oxygens (including phenoxy) is 2. The molecule has 0 saturated carbocycles. The highest BCUT2D eigenvalue weighted by atomic mass is 16.5. The zero-order valence-electron chi connectivity index (χ0n) is 16.7. The molecule has 3 N–H and O–H groups in total. The molecule has 1 aliphatic heterocycles. The number of hydrogen-bond donors (Lipinski definition) is 2. The first-order valence-corrected chi connectivity index (χ1v) is 9.92. The molecule has 1 saturated heterocycles. The van der Waals surface area contributed by atoms with Gasteiger partial charge in [0.1, 0.15) is 6.04 Å². The van der Waals surface area contributed by atoms with Crippen LogP contribution in [0.15, 0.2) is 23.0 Å². The number of carbonyl (C=O) groups is 2. The molecule has 1 aliphatic rings. The minimum Gasteiger partial charge on any atom is -0.379 e. The summed E-state index contributed by atoms with van der Waals surface area (Å²) in [5.41, 5.74) is 7.65. The van der Waals surface area contributed by atoms with Crippen LogP contribution in [0.5, 0.6) is 0 Å². The molecule has 0 radical (unpaired) electrons. The number of piperidine rings is 1. The maximum Gasteiger partial charge on any atom is 0.329 e. The molecule has 1 aromatic heterocycles. The highest BCUT2D eigenvalue weighted by molar-refractivity contribution is 6.00. The van der Waals surface area contributed by atoms with Gasteiger partial charge in [0.05, 0.1) is 30.9 Å². The zero-order valence-corrected chi connectivity index (χ0v) is 16.7. The summed E-state index contributed by atoms with van der Waals surface area (Å²) in [6, 6.07) is 5.05. The van der Waals surface area contributed by atoms with Crippen LogP contribution in [0.3, 0.4) is 0 Å². The molecule has 2 amide bonds. The number of para-hydroxylation sites is 1. The number of nitrogens with zero attached hydrogens (tertiary/aromatic N) is 2. The van der Waals surface area contributed by atoms with E-state index in [9.17, 15) is 14.4 Å². The van der Waals surface area contributed by atoms with Crippen LogP contribution in [0.4, 0.5) is 0 Å². The summed E-state index contributed by atoms with van der Waals surface area (Å²) in [7, 11) is 1.71. The van der Waals surface area contributed by atoms with Gasteiger partial charge in [-0.1, -0.05) is 12.1 Å². The lowest BCUT2D eigenvalue weighted by Gasteiger charge is -2.21. The Morgan fingerprint density at radius 3 is 2.62 bits per heavy atom. The van der Waals surface area contributed by atoms with Crippen LogP contribution in [-0.4, -0.2) is 53.9 Å². The molecule has 158 valence electrons. The van der Waals surface area contributed by atoms with E-state index in [1.54, 1.807) is 11.6 Å². The third-order valence-electron chi connectivity index (χ3n) is 5.08. The Hall–Kier alpha value is -2.49. The number of fused-ring (bicyclic) bond motifs is 1. The standard InChI is InChI=1S/C20H28N4O5/c1-23-18-14(5-3-10-28-12-13-29-11-9-21)4-2-6-15(18)24(20(23)27)16-7-8-17(25)22-19(16)26/h2,4,6,16H,3,5,7-13,21H2,1H3,(H,22,25,26). The number of imide groups is 1. The summed E-state index contributed by atoms with van der Waals surface area (Å²) in [5, 5.41) is 2.33. The monoisotopic (exact) mass is 404 g/mol. The van der Waals surface area contributed by atoms with Crippen molar-refractivity contribution in [3.63, 3.8) is 0 Å². The van der Waals surface area contributed by atoms with Gasteiger partial charge < -0.3 is 15.2 Å². The molecule has 9 nitrogen and oxygen atoms in total. The molecule has 3 rings (SSSR count). The number of aryl methyl sites for hydroxylation is 2. The first kappa shape index (κ1) is 21.2. The van der Waals surface area contributed by atoms with Crippen molar-refractivity contribution in [2.45, 2.75) is 31.7 Å². The third-order valence-corrected chi connectivity index (χ3v) is 5.08. The van der Waals surface area contributed by atoms with Crippen LogP contribution in [0.2, 0.25) is 0 Å². The Morgan fingerprint density at radius 1 is 1.14 bits per heavy atom. The largest absolute Gasteiger partial charge is 0.379 e. The van der Waals surface area contributed by atoms with Gasteiger partial charge in [-0.15, -0.1) is 0 Å². The number of amides is 2. The van der Waals surface area contributed by atoms with E-state index in [0.717, 1.165) is 23.9 Å². The summed E-state index contributed by atoms with van der Waals surface area (Å²) < 4.78 is 13.9. The fourth-order valence-corrected chi connectivity index (χ4v) is 3.72. The lowest BCUT2D eigenvalue weighted by Crippen LogP contribution is -2.44. The predicted molar refractivity (Wildman–Crippen MR) is 108 cm³/mol. The first-order valence-electron chi connectivity index (χ1n) is 9.92. The first-order chi connectivity index (χ1) is 14.0. The van der Waals surface area contributed by atoms with Crippen molar-refractivity contribution < 1.29 is 19.1 Å². The van der Waals surface area contributed by atoms with Gasteiger partial charge >= 0.3 is 5.69 Å². The van der Waals surface area contributed by atoms with E-state index in [4.69, 9.17) is 15.2 Å². The van der Waals surface area contributed by atoms with Crippen molar-refractivity contribution in [3.8, 4) is 0 Å². The number of rotatable bonds is 10. The fraction of sp³-hybridized carbons (Fsp3) is 0.550. The number of nitrogens with one attached hydrogen (secondary N) is 1. The summed E-state index contributed by atoms with van der Waals surface area (Å²) in [5.74, 6) is -0.722. The Labute approximate surface area is 168 Å². The molecular formula is C20H28N4O5. The third kappa shape index (κ3) is 4.75. The van der Waals surface area contributed by atoms with Gasteiger partial charge in [0.25, 0.3) is 0 Å². The maximum atomic E-state index is 12.9. The second-order valence-electron chi connectivity index (χ2n) is 7.08. The molecule has 0 spiro atoms. The average molecular weight is 404 g/mol. The van der Waals surface area contributed by atoms with Crippen molar-refractivity contribution in [1.29, 1.82) is 0 Å². The topological polar surface area (TPSA) is 118 Å². The average Bonchev–Trinajstić information content (AvgIpc) is 2.95.